The van der Waals surface area contributed by atoms with Crippen LogP contribution in [0, 0.1) is 5.92 Å². The maximum Gasteiger partial charge on any atom is 0.0470 e. The van der Waals surface area contributed by atoms with Crippen LogP contribution in [0.25, 0.3) is 0 Å². The Morgan fingerprint density at radius 3 is 2.61 bits per heavy atom. The molecule has 100 valence electrons. The van der Waals surface area contributed by atoms with E-state index in [9.17, 15) is 0 Å². The zero-order valence-electron chi connectivity index (χ0n) is 11.7. The fraction of sp³-hybridized carbons (Fsp3) is 0.625. The molecule has 3 atom stereocenters. The van der Waals surface area contributed by atoms with Crippen LogP contribution in [0.2, 0.25) is 0 Å². The van der Waals surface area contributed by atoms with Crippen molar-refractivity contribution in [2.75, 3.05) is 13.6 Å². The number of nitrogens with two attached hydrogens (primary N) is 1. The van der Waals surface area contributed by atoms with Crippen LogP contribution >= 0.6 is 0 Å². The minimum atomic E-state index is 0.363. The van der Waals surface area contributed by atoms with Crippen LogP contribution in [-0.2, 0) is 0 Å². The van der Waals surface area contributed by atoms with E-state index in [1.54, 1.807) is 0 Å². The summed E-state index contributed by atoms with van der Waals surface area (Å²) in [5, 5.41) is 0. The molecule has 0 aliphatic heterocycles. The fourth-order valence-corrected chi connectivity index (χ4v) is 3.24. The van der Waals surface area contributed by atoms with Gasteiger partial charge in [0.1, 0.15) is 0 Å². The molecule has 0 spiro atoms. The third-order valence-electron chi connectivity index (χ3n) is 4.38. The monoisotopic (exact) mass is 246 g/mol. The molecule has 3 unspecified atom stereocenters. The van der Waals surface area contributed by atoms with Gasteiger partial charge in [0.2, 0.25) is 0 Å². The molecule has 0 bridgehead atoms. The Morgan fingerprint density at radius 2 is 2.00 bits per heavy atom. The Balaban J connectivity index is 2.07. The molecule has 1 fully saturated rings. The summed E-state index contributed by atoms with van der Waals surface area (Å²) in [6.07, 6.45) is 5.40. The second kappa shape index (κ2) is 6.35. The zero-order chi connectivity index (χ0) is 13.0. The van der Waals surface area contributed by atoms with Gasteiger partial charge in [-0.05, 0) is 31.4 Å². The topological polar surface area (TPSA) is 29.3 Å². The second-order valence-corrected chi connectivity index (χ2v) is 5.75. The summed E-state index contributed by atoms with van der Waals surface area (Å²) >= 11 is 0. The molecule has 0 radical (unpaired) electrons. The average Bonchev–Trinajstić information content (AvgIpc) is 2.41. The molecule has 0 saturated heterocycles. The molecule has 2 rings (SSSR count). The van der Waals surface area contributed by atoms with Gasteiger partial charge in [-0.15, -0.1) is 0 Å². The van der Waals surface area contributed by atoms with Crippen molar-refractivity contribution in [2.45, 2.75) is 44.7 Å². The first-order chi connectivity index (χ1) is 8.72. The molecule has 2 N–H and O–H groups in total. The van der Waals surface area contributed by atoms with Gasteiger partial charge in [0.05, 0.1) is 0 Å². The molecule has 0 aromatic heterocycles. The number of benzene rings is 1. The van der Waals surface area contributed by atoms with Gasteiger partial charge in [-0.25, -0.2) is 0 Å². The van der Waals surface area contributed by atoms with E-state index in [4.69, 9.17) is 5.73 Å². The van der Waals surface area contributed by atoms with Gasteiger partial charge in [-0.3, -0.25) is 4.90 Å². The third kappa shape index (κ3) is 3.12. The van der Waals surface area contributed by atoms with Crippen molar-refractivity contribution in [3.8, 4) is 0 Å². The molecule has 18 heavy (non-hydrogen) atoms. The first kappa shape index (κ1) is 13.6. The van der Waals surface area contributed by atoms with Crippen molar-refractivity contribution in [3.63, 3.8) is 0 Å². The van der Waals surface area contributed by atoms with Crippen LogP contribution in [0.3, 0.4) is 0 Å². The minimum Gasteiger partial charge on any atom is -0.329 e. The maximum absolute atomic E-state index is 6.01. The molecule has 2 heteroatoms. The van der Waals surface area contributed by atoms with E-state index in [2.05, 4.69) is 49.2 Å². The Morgan fingerprint density at radius 1 is 1.28 bits per heavy atom. The Bertz CT molecular complexity index is 349. The van der Waals surface area contributed by atoms with E-state index in [1.807, 2.05) is 0 Å². The SMILES string of the molecule is CC1CCCC(N(C)C(CN)c2ccccc2)C1. The predicted molar refractivity (Wildman–Crippen MR) is 77.4 cm³/mol. The van der Waals surface area contributed by atoms with Crippen LogP contribution in [0.1, 0.15) is 44.2 Å². The van der Waals surface area contributed by atoms with E-state index in [0.29, 0.717) is 18.6 Å². The maximum atomic E-state index is 6.01. The summed E-state index contributed by atoms with van der Waals surface area (Å²) in [5.41, 5.74) is 7.35. The van der Waals surface area contributed by atoms with Crippen LogP contribution in [0.15, 0.2) is 30.3 Å². The number of nitrogens with zero attached hydrogens (tertiary/aromatic N) is 1. The fourth-order valence-electron chi connectivity index (χ4n) is 3.24. The van der Waals surface area contributed by atoms with Gasteiger partial charge < -0.3 is 5.73 Å². The van der Waals surface area contributed by atoms with Crippen LogP contribution in [0.4, 0.5) is 0 Å². The summed E-state index contributed by atoms with van der Waals surface area (Å²) in [6.45, 7) is 3.07. The highest BCUT2D eigenvalue weighted by Gasteiger charge is 2.27. The van der Waals surface area contributed by atoms with Crippen LogP contribution < -0.4 is 5.73 Å². The number of likely N-dealkylation sites (N-methyl/N-ethyl adjacent to an activating group) is 1. The highest BCUT2D eigenvalue weighted by atomic mass is 15.2. The number of hydrogen-bond acceptors (Lipinski definition) is 2. The molecule has 0 amide bonds. The normalized spacial score (nSPS) is 26.2. The van der Waals surface area contributed by atoms with E-state index in [-0.39, 0.29) is 0 Å². The quantitative estimate of drug-likeness (QED) is 0.884. The van der Waals surface area contributed by atoms with Crippen molar-refractivity contribution in [2.24, 2.45) is 11.7 Å². The molecule has 1 aliphatic rings. The van der Waals surface area contributed by atoms with Crippen molar-refractivity contribution < 1.29 is 0 Å². The third-order valence-corrected chi connectivity index (χ3v) is 4.38. The molecule has 1 aromatic carbocycles. The largest absolute Gasteiger partial charge is 0.329 e. The Hall–Kier alpha value is -0.860. The van der Waals surface area contributed by atoms with Crippen molar-refractivity contribution in [1.29, 1.82) is 0 Å². The summed E-state index contributed by atoms with van der Waals surface area (Å²) in [5.74, 6) is 0.861. The Kier molecular flexibility index (Phi) is 4.79. The molecular formula is C16H26N2. The van der Waals surface area contributed by atoms with Crippen LogP contribution in [-0.4, -0.2) is 24.5 Å². The van der Waals surface area contributed by atoms with Gasteiger partial charge in [0.15, 0.2) is 0 Å². The number of rotatable bonds is 4. The Labute approximate surface area is 111 Å². The standard InChI is InChI=1S/C16H26N2/c1-13-7-6-10-15(11-13)18(2)16(12-17)14-8-4-3-5-9-14/h3-5,8-9,13,15-16H,6-7,10-12,17H2,1-2H3. The molecule has 1 aliphatic carbocycles. The summed E-state index contributed by atoms with van der Waals surface area (Å²) in [6, 6.07) is 11.7. The summed E-state index contributed by atoms with van der Waals surface area (Å²) in [4.78, 5) is 2.50. The smallest absolute Gasteiger partial charge is 0.0470 e. The van der Waals surface area contributed by atoms with Crippen molar-refractivity contribution >= 4 is 0 Å². The lowest BCUT2D eigenvalue weighted by atomic mass is 9.85. The number of hydrogen-bond donors (Lipinski definition) is 1. The molecule has 0 heterocycles. The molecule has 1 aromatic rings. The minimum absolute atomic E-state index is 0.363. The van der Waals surface area contributed by atoms with Gasteiger partial charge in [-0.1, -0.05) is 50.1 Å². The highest BCUT2D eigenvalue weighted by molar-refractivity contribution is 5.19. The van der Waals surface area contributed by atoms with Gasteiger partial charge in [-0.2, -0.15) is 0 Å². The zero-order valence-corrected chi connectivity index (χ0v) is 11.7. The molecule has 1 saturated carbocycles. The first-order valence-electron chi connectivity index (χ1n) is 7.19. The molecular weight excluding hydrogens is 220 g/mol. The first-order valence-corrected chi connectivity index (χ1v) is 7.19. The lowest BCUT2D eigenvalue weighted by molar-refractivity contribution is 0.121. The van der Waals surface area contributed by atoms with Gasteiger partial charge in [0.25, 0.3) is 0 Å². The van der Waals surface area contributed by atoms with E-state index in [1.165, 1.54) is 31.2 Å². The molecule has 2 nitrogen and oxygen atoms in total. The summed E-state index contributed by atoms with van der Waals surface area (Å²) in [7, 11) is 2.24. The lowest BCUT2D eigenvalue weighted by Crippen LogP contribution is -2.40. The van der Waals surface area contributed by atoms with Crippen molar-refractivity contribution in [3.05, 3.63) is 35.9 Å². The predicted octanol–water partition coefficient (Wildman–Crippen LogP) is 3.20. The van der Waals surface area contributed by atoms with E-state index >= 15 is 0 Å². The van der Waals surface area contributed by atoms with Crippen LogP contribution in [0.5, 0.6) is 0 Å². The highest BCUT2D eigenvalue weighted by Crippen LogP contribution is 2.31. The second-order valence-electron chi connectivity index (χ2n) is 5.75. The summed E-state index contributed by atoms with van der Waals surface area (Å²) < 4.78 is 0. The van der Waals surface area contributed by atoms with Gasteiger partial charge >= 0.3 is 0 Å². The van der Waals surface area contributed by atoms with E-state index in [0.717, 1.165) is 5.92 Å². The van der Waals surface area contributed by atoms with E-state index < -0.39 is 0 Å². The van der Waals surface area contributed by atoms with Gasteiger partial charge in [0, 0.05) is 18.6 Å². The average molecular weight is 246 g/mol. The lowest BCUT2D eigenvalue weighted by Gasteiger charge is -2.38. The van der Waals surface area contributed by atoms with Crippen molar-refractivity contribution in [1.82, 2.24) is 4.90 Å².